The first-order chi connectivity index (χ1) is 21.4. The molecule has 1 saturated heterocycles. The number of rotatable bonds is 9. The lowest BCUT2D eigenvalue weighted by Gasteiger charge is -2.29. The number of nitrogens with zero attached hydrogens (tertiary/aromatic N) is 5. The maximum Gasteiger partial charge on any atom is 0.187 e. The second-order valence-corrected chi connectivity index (χ2v) is 13.0. The molecule has 1 fully saturated rings. The van der Waals surface area contributed by atoms with Gasteiger partial charge in [0.1, 0.15) is 0 Å². The van der Waals surface area contributed by atoms with Gasteiger partial charge < -0.3 is 5.32 Å². The van der Waals surface area contributed by atoms with Gasteiger partial charge in [0.25, 0.3) is 0 Å². The highest BCUT2D eigenvalue weighted by molar-refractivity contribution is 9.10. The number of ketones is 1. The molecule has 1 aliphatic heterocycles. The number of anilines is 1. The first-order valence-electron chi connectivity index (χ1n) is 14.3. The molecule has 10 heteroatoms. The first kappa shape index (κ1) is 30.4. The number of hydrogen-bond donors (Lipinski definition) is 1. The van der Waals surface area contributed by atoms with Crippen LogP contribution in [0.4, 0.5) is 5.69 Å². The molecular formula is C34H29Br2ClN6O. The summed E-state index contributed by atoms with van der Waals surface area (Å²) in [6.45, 7) is 3.17. The fourth-order valence-corrected chi connectivity index (χ4v) is 5.93. The van der Waals surface area contributed by atoms with Crippen molar-refractivity contribution in [3.8, 4) is 0 Å². The van der Waals surface area contributed by atoms with Gasteiger partial charge in [-0.25, -0.2) is 0 Å². The summed E-state index contributed by atoms with van der Waals surface area (Å²) in [7, 11) is 0. The summed E-state index contributed by atoms with van der Waals surface area (Å²) in [5.74, 6) is 0.0771. The number of carbonyl (C=O) groups excluding carboxylic acids is 1. The average molecular weight is 733 g/mol. The van der Waals surface area contributed by atoms with E-state index in [4.69, 9.17) is 11.6 Å². The van der Waals surface area contributed by atoms with Gasteiger partial charge in [-0.1, -0.05) is 72.9 Å². The van der Waals surface area contributed by atoms with E-state index in [2.05, 4.69) is 57.4 Å². The third-order valence-corrected chi connectivity index (χ3v) is 8.64. The number of likely N-dealkylation sites (tertiary alicyclic amines) is 1. The zero-order chi connectivity index (χ0) is 30.5. The summed E-state index contributed by atoms with van der Waals surface area (Å²) in [6, 6.07) is 23.7. The number of aryl methyl sites for hydroxylation is 1. The van der Waals surface area contributed by atoms with Crippen LogP contribution in [0.25, 0.3) is 23.1 Å². The lowest BCUT2D eigenvalue weighted by atomic mass is 9.94. The maximum atomic E-state index is 13.6. The van der Waals surface area contributed by atoms with Crippen LogP contribution in [0, 0.1) is 0 Å². The summed E-state index contributed by atoms with van der Waals surface area (Å²) in [5.41, 5.74) is 6.26. The van der Waals surface area contributed by atoms with Gasteiger partial charge in [0.05, 0.1) is 11.2 Å². The first-order valence-corrected chi connectivity index (χ1v) is 16.2. The number of piperidine rings is 1. The Hall–Kier alpha value is -3.63. The smallest absolute Gasteiger partial charge is 0.187 e. The van der Waals surface area contributed by atoms with E-state index in [1.165, 1.54) is 0 Å². The number of carbonyl (C=O) groups is 1. The Balaban J connectivity index is 1.12. The van der Waals surface area contributed by atoms with E-state index < -0.39 is 0 Å². The van der Waals surface area contributed by atoms with Crippen LogP contribution in [0.3, 0.4) is 0 Å². The van der Waals surface area contributed by atoms with Gasteiger partial charge in [-0.3, -0.25) is 19.4 Å². The number of hydrogen-bond acceptors (Lipinski definition) is 6. The Labute approximate surface area is 277 Å². The summed E-state index contributed by atoms with van der Waals surface area (Å²) >= 11 is 13.1. The highest BCUT2D eigenvalue weighted by atomic mass is 79.9. The van der Waals surface area contributed by atoms with Crippen LogP contribution in [0.1, 0.15) is 23.2 Å². The molecule has 44 heavy (non-hydrogen) atoms. The van der Waals surface area contributed by atoms with Crippen molar-refractivity contribution in [1.29, 1.82) is 0 Å². The van der Waals surface area contributed by atoms with Crippen LogP contribution in [0.2, 0.25) is 5.02 Å². The van der Waals surface area contributed by atoms with Crippen molar-refractivity contribution in [2.75, 3.05) is 25.0 Å². The van der Waals surface area contributed by atoms with Crippen LogP contribution < -0.4 is 5.32 Å². The second-order valence-electron chi connectivity index (χ2n) is 10.7. The molecule has 7 nitrogen and oxygen atoms in total. The molecule has 0 atom stereocenters. The van der Waals surface area contributed by atoms with Crippen molar-refractivity contribution in [2.24, 2.45) is 0 Å². The van der Waals surface area contributed by atoms with Crippen molar-refractivity contribution in [3.63, 3.8) is 0 Å². The van der Waals surface area contributed by atoms with Gasteiger partial charge in [0.2, 0.25) is 0 Å². The second kappa shape index (κ2) is 14.0. The number of benzene rings is 3. The van der Waals surface area contributed by atoms with E-state index in [9.17, 15) is 4.79 Å². The van der Waals surface area contributed by atoms with Crippen molar-refractivity contribution >= 4 is 78.0 Å². The number of pyridine rings is 1. The molecular weight excluding hydrogens is 704 g/mol. The average Bonchev–Trinajstić information content (AvgIpc) is 3.46. The molecule has 0 unspecified atom stereocenters. The maximum absolute atomic E-state index is 13.6. The molecule has 0 saturated carbocycles. The number of aromatic nitrogens is 4. The Kier molecular flexibility index (Phi) is 9.66. The molecule has 0 amide bonds. The van der Waals surface area contributed by atoms with E-state index in [0.717, 1.165) is 73.0 Å². The summed E-state index contributed by atoms with van der Waals surface area (Å²) in [6.07, 6.45) is 8.63. The molecule has 0 radical (unpaired) electrons. The summed E-state index contributed by atoms with van der Waals surface area (Å²) in [5, 5.41) is 14.0. The minimum Gasteiger partial charge on any atom is -0.384 e. The molecule has 0 aliphatic carbocycles. The summed E-state index contributed by atoms with van der Waals surface area (Å²) < 4.78 is 3.89. The van der Waals surface area contributed by atoms with Gasteiger partial charge in [-0.05, 0) is 78.2 Å². The minimum absolute atomic E-state index is 0.0771. The highest BCUT2D eigenvalue weighted by Gasteiger charge is 2.27. The zero-order valence-electron chi connectivity index (χ0n) is 23.8. The van der Waals surface area contributed by atoms with E-state index >= 15 is 0 Å². The van der Waals surface area contributed by atoms with E-state index in [1.807, 2.05) is 95.8 Å². The zero-order valence-corrected chi connectivity index (χ0v) is 27.7. The summed E-state index contributed by atoms with van der Waals surface area (Å²) in [4.78, 5) is 20.2. The van der Waals surface area contributed by atoms with Gasteiger partial charge in [-0.15, -0.1) is 5.10 Å². The largest absolute Gasteiger partial charge is 0.384 e. The lowest BCUT2D eigenvalue weighted by molar-refractivity contribution is -0.113. The van der Waals surface area contributed by atoms with E-state index in [1.54, 1.807) is 6.20 Å². The fourth-order valence-electron chi connectivity index (χ4n) is 5.23. The van der Waals surface area contributed by atoms with Crippen LogP contribution in [0.5, 0.6) is 0 Å². The minimum atomic E-state index is 0.0771. The van der Waals surface area contributed by atoms with Gasteiger partial charge in [-0.2, -0.15) is 0 Å². The molecule has 1 N–H and O–H groups in total. The number of Topliss-reactive ketones (excluding diaryl/α,β-unsaturated/α-hetero) is 1. The van der Waals surface area contributed by atoms with Gasteiger partial charge >= 0.3 is 0 Å². The van der Waals surface area contributed by atoms with Crippen molar-refractivity contribution in [1.82, 2.24) is 24.9 Å². The molecule has 0 bridgehead atoms. The van der Waals surface area contributed by atoms with Crippen molar-refractivity contribution < 1.29 is 4.79 Å². The van der Waals surface area contributed by atoms with Crippen LogP contribution in [0.15, 0.2) is 105 Å². The quantitative estimate of drug-likeness (QED) is 0.122. The topological polar surface area (TPSA) is 75.9 Å². The standard InChI is InChI=1S/C34H29Br2ClN6O/c35-27-6-2-23(3-7-27)16-25-19-42(20-26(34(25)44)17-24-4-8-28(36)9-5-24)21-30-22-43(41-40-30)15-1-13-38-32-12-14-39-33-18-29(37)10-11-31(32)33/h2-12,14,16-18,22H,1,13,15,19-21H2,(H,38,39). The van der Waals surface area contributed by atoms with Gasteiger partial charge in [0, 0.05) is 81.3 Å². The predicted octanol–water partition coefficient (Wildman–Crippen LogP) is 8.06. The number of fused-ring (bicyclic) bond motifs is 1. The Bertz CT molecular complexity index is 1780. The Morgan fingerprint density at radius 1 is 0.886 bits per heavy atom. The molecule has 2 aromatic heterocycles. The lowest BCUT2D eigenvalue weighted by Crippen LogP contribution is -2.37. The molecule has 6 rings (SSSR count). The Morgan fingerprint density at radius 2 is 1.55 bits per heavy atom. The molecule has 3 heterocycles. The predicted molar refractivity (Wildman–Crippen MR) is 184 cm³/mol. The van der Waals surface area contributed by atoms with Crippen LogP contribution in [-0.4, -0.2) is 50.3 Å². The monoisotopic (exact) mass is 730 g/mol. The van der Waals surface area contributed by atoms with Crippen LogP contribution in [-0.2, 0) is 17.9 Å². The SMILES string of the molecule is O=C1C(=Cc2ccc(Br)cc2)CN(Cc2cn(CCCNc3ccnc4cc(Cl)ccc34)nn2)CC1=Cc1ccc(Br)cc1. The molecule has 1 aliphatic rings. The third-order valence-electron chi connectivity index (χ3n) is 7.35. The number of nitrogens with one attached hydrogen (secondary N) is 1. The fraction of sp³-hybridized carbons (Fsp3) is 0.176. The third kappa shape index (κ3) is 7.71. The molecule has 222 valence electrons. The van der Waals surface area contributed by atoms with E-state index in [-0.39, 0.29) is 5.78 Å². The molecule has 0 spiro atoms. The normalized spacial score (nSPS) is 15.8. The number of halogens is 3. The molecule has 5 aromatic rings. The highest BCUT2D eigenvalue weighted by Crippen LogP contribution is 2.26. The van der Waals surface area contributed by atoms with Crippen LogP contribution >= 0.6 is 43.5 Å². The van der Waals surface area contributed by atoms with Gasteiger partial charge in [0.15, 0.2) is 5.78 Å². The molecule has 3 aromatic carbocycles. The van der Waals surface area contributed by atoms with Crippen molar-refractivity contribution in [3.05, 3.63) is 127 Å². The Morgan fingerprint density at radius 3 is 2.20 bits per heavy atom. The van der Waals surface area contributed by atoms with Crippen molar-refractivity contribution in [2.45, 2.75) is 19.5 Å². The van der Waals surface area contributed by atoms with E-state index in [0.29, 0.717) is 24.7 Å².